The van der Waals surface area contributed by atoms with Crippen molar-refractivity contribution in [3.05, 3.63) is 18.0 Å². The van der Waals surface area contributed by atoms with Crippen LogP contribution in [0.15, 0.2) is 12.3 Å². The molecule has 2 rings (SSSR count). The minimum absolute atomic E-state index is 0.125. The van der Waals surface area contributed by atoms with Crippen molar-refractivity contribution in [1.82, 2.24) is 19.4 Å². The Morgan fingerprint density at radius 3 is 2.81 bits per heavy atom. The van der Waals surface area contributed by atoms with Crippen LogP contribution < -0.4 is 4.72 Å². The molecule has 1 aromatic rings. The number of hydrogen-bond donors (Lipinski definition) is 2. The van der Waals surface area contributed by atoms with Gasteiger partial charge in [-0.25, -0.2) is 13.1 Å². The van der Waals surface area contributed by atoms with Crippen LogP contribution in [0.4, 0.5) is 0 Å². The summed E-state index contributed by atoms with van der Waals surface area (Å²) >= 11 is 0. The van der Waals surface area contributed by atoms with Crippen molar-refractivity contribution < 1.29 is 18.3 Å². The number of β-amino-alcohol motifs (C(OH)–C–C–N with tert-alkyl or cyclic N) is 1. The number of aryl methyl sites for hydroxylation is 2. The molecule has 0 bridgehead atoms. The highest BCUT2D eigenvalue weighted by atomic mass is 32.2. The van der Waals surface area contributed by atoms with Gasteiger partial charge in [0.2, 0.25) is 15.9 Å². The van der Waals surface area contributed by atoms with E-state index in [2.05, 4.69) is 9.82 Å². The Labute approximate surface area is 123 Å². The van der Waals surface area contributed by atoms with Crippen LogP contribution in [0, 0.1) is 6.92 Å². The zero-order valence-corrected chi connectivity index (χ0v) is 12.9. The fraction of sp³-hybridized carbons (Fsp3) is 0.667. The third-order valence-electron chi connectivity index (χ3n) is 3.34. The first-order chi connectivity index (χ1) is 9.74. The van der Waals surface area contributed by atoms with Crippen LogP contribution in [-0.2, 0) is 21.4 Å². The third-order valence-corrected chi connectivity index (χ3v) is 4.07. The van der Waals surface area contributed by atoms with Crippen LogP contribution in [0.1, 0.15) is 12.1 Å². The van der Waals surface area contributed by atoms with Gasteiger partial charge in [0.25, 0.3) is 0 Å². The Balaban J connectivity index is 1.86. The summed E-state index contributed by atoms with van der Waals surface area (Å²) in [5, 5.41) is 14.0. The lowest BCUT2D eigenvalue weighted by Gasteiger charge is -2.16. The monoisotopic (exact) mass is 316 g/mol. The van der Waals surface area contributed by atoms with Gasteiger partial charge in [0.1, 0.15) is 0 Å². The van der Waals surface area contributed by atoms with E-state index in [0.29, 0.717) is 6.54 Å². The van der Waals surface area contributed by atoms with E-state index >= 15 is 0 Å². The van der Waals surface area contributed by atoms with E-state index in [1.54, 1.807) is 10.9 Å². The zero-order chi connectivity index (χ0) is 15.6. The lowest BCUT2D eigenvalue weighted by atomic mass is 10.2. The predicted octanol–water partition coefficient (Wildman–Crippen LogP) is -1.30. The number of nitrogens with zero attached hydrogens (tertiary/aromatic N) is 3. The van der Waals surface area contributed by atoms with E-state index in [1.165, 1.54) is 4.90 Å². The van der Waals surface area contributed by atoms with Crippen LogP contribution in [0.3, 0.4) is 0 Å². The highest BCUT2D eigenvalue weighted by molar-refractivity contribution is 7.88. The lowest BCUT2D eigenvalue weighted by Crippen LogP contribution is -2.42. The number of rotatable bonds is 5. The first-order valence-electron chi connectivity index (χ1n) is 6.68. The van der Waals surface area contributed by atoms with Crippen LogP contribution in [-0.4, -0.2) is 65.6 Å². The van der Waals surface area contributed by atoms with Crippen LogP contribution in [0.5, 0.6) is 0 Å². The molecule has 0 radical (unpaired) electrons. The van der Waals surface area contributed by atoms with Crippen LogP contribution in [0.25, 0.3) is 0 Å². The van der Waals surface area contributed by atoms with Crippen LogP contribution in [0.2, 0.25) is 0 Å². The minimum Gasteiger partial charge on any atom is -0.390 e. The molecule has 0 unspecified atom stereocenters. The normalized spacial score (nSPS) is 22.7. The van der Waals surface area contributed by atoms with E-state index in [9.17, 15) is 18.3 Å². The summed E-state index contributed by atoms with van der Waals surface area (Å²) in [4.78, 5) is 13.6. The van der Waals surface area contributed by atoms with Gasteiger partial charge in [-0.1, -0.05) is 0 Å². The molecule has 8 nitrogen and oxygen atoms in total. The Hall–Kier alpha value is -1.45. The summed E-state index contributed by atoms with van der Waals surface area (Å²) in [7, 11) is -3.40. The van der Waals surface area contributed by atoms with Gasteiger partial charge in [0, 0.05) is 32.3 Å². The summed E-state index contributed by atoms with van der Waals surface area (Å²) in [6.07, 6.45) is 2.22. The number of carbonyl (C=O) groups is 1. The molecular formula is C12H20N4O4S. The number of amides is 1. The first-order valence-corrected chi connectivity index (χ1v) is 8.57. The van der Waals surface area contributed by atoms with Gasteiger partial charge in [-0.2, -0.15) is 5.10 Å². The van der Waals surface area contributed by atoms with Crippen molar-refractivity contribution in [3.63, 3.8) is 0 Å². The molecule has 1 saturated heterocycles. The molecule has 2 heterocycles. The van der Waals surface area contributed by atoms with Gasteiger partial charge in [-0.15, -0.1) is 0 Å². The summed E-state index contributed by atoms with van der Waals surface area (Å²) < 4.78 is 26.4. The molecule has 0 spiro atoms. The van der Waals surface area contributed by atoms with E-state index in [1.807, 2.05) is 13.0 Å². The summed E-state index contributed by atoms with van der Waals surface area (Å²) in [6.45, 7) is 2.66. The second-order valence-corrected chi connectivity index (χ2v) is 7.11. The van der Waals surface area contributed by atoms with E-state index < -0.39 is 22.2 Å². The summed E-state index contributed by atoms with van der Waals surface area (Å²) in [5.41, 5.74) is 0.886. The molecule has 0 aromatic carbocycles. The molecule has 9 heteroatoms. The maximum absolute atomic E-state index is 12.1. The van der Waals surface area contributed by atoms with Crippen molar-refractivity contribution in [2.75, 3.05) is 19.3 Å². The highest BCUT2D eigenvalue weighted by Crippen LogP contribution is 2.12. The van der Waals surface area contributed by atoms with Crippen molar-refractivity contribution in [2.24, 2.45) is 0 Å². The molecule has 1 amide bonds. The number of hydrogen-bond acceptors (Lipinski definition) is 5. The standard InChI is InChI=1S/C12H20N4O4S/c1-9-3-5-16(13-9)6-4-12(18)15-7-10(11(17)8-15)14-21(2,19)20/h3,5,10-11,14,17H,4,6-8H2,1-2H3/t10-,11-/m1/s1. The zero-order valence-electron chi connectivity index (χ0n) is 12.1. The third kappa shape index (κ3) is 4.51. The average molecular weight is 316 g/mol. The number of sulfonamides is 1. The molecule has 21 heavy (non-hydrogen) atoms. The number of likely N-dealkylation sites (tertiary alicyclic amines) is 1. The van der Waals surface area contributed by atoms with Gasteiger partial charge in [0.05, 0.1) is 24.1 Å². The van der Waals surface area contributed by atoms with Crippen LogP contribution >= 0.6 is 0 Å². The topological polar surface area (TPSA) is 105 Å². The van der Waals surface area contributed by atoms with Crippen molar-refractivity contribution >= 4 is 15.9 Å². The molecule has 1 aliphatic rings. The van der Waals surface area contributed by atoms with E-state index in [4.69, 9.17) is 0 Å². The Bertz CT molecular complexity index is 613. The summed E-state index contributed by atoms with van der Waals surface area (Å²) in [5.74, 6) is -0.125. The summed E-state index contributed by atoms with van der Waals surface area (Å²) in [6, 6.07) is 1.21. The Morgan fingerprint density at radius 2 is 2.24 bits per heavy atom. The second kappa shape index (κ2) is 6.12. The quantitative estimate of drug-likeness (QED) is 0.703. The Morgan fingerprint density at radius 1 is 1.52 bits per heavy atom. The molecule has 0 aliphatic carbocycles. The number of aliphatic hydroxyl groups excluding tert-OH is 1. The maximum atomic E-state index is 12.1. The molecule has 1 aromatic heterocycles. The molecule has 118 valence electrons. The predicted molar refractivity (Wildman–Crippen MR) is 75.9 cm³/mol. The largest absolute Gasteiger partial charge is 0.390 e. The maximum Gasteiger partial charge on any atom is 0.224 e. The SMILES string of the molecule is Cc1ccn(CCC(=O)N2C[C@@H](O)[C@H](NS(C)(=O)=O)C2)n1. The number of nitrogens with one attached hydrogen (secondary N) is 1. The van der Waals surface area contributed by atoms with Crippen molar-refractivity contribution in [2.45, 2.75) is 32.0 Å². The number of aromatic nitrogens is 2. The smallest absolute Gasteiger partial charge is 0.224 e. The number of aliphatic hydroxyl groups is 1. The molecule has 2 atom stereocenters. The van der Waals surface area contributed by atoms with Crippen molar-refractivity contribution in [3.8, 4) is 0 Å². The van der Waals surface area contributed by atoms with Gasteiger partial charge in [-0.3, -0.25) is 9.48 Å². The van der Waals surface area contributed by atoms with Gasteiger partial charge in [0.15, 0.2) is 0 Å². The molecular weight excluding hydrogens is 296 g/mol. The van der Waals surface area contributed by atoms with Gasteiger partial charge < -0.3 is 10.0 Å². The Kier molecular flexibility index (Phi) is 4.64. The van der Waals surface area contributed by atoms with Gasteiger partial charge in [-0.05, 0) is 13.0 Å². The minimum atomic E-state index is -3.40. The number of carbonyl (C=O) groups excluding carboxylic acids is 1. The van der Waals surface area contributed by atoms with E-state index in [0.717, 1.165) is 11.9 Å². The highest BCUT2D eigenvalue weighted by Gasteiger charge is 2.35. The fourth-order valence-corrected chi connectivity index (χ4v) is 3.12. The van der Waals surface area contributed by atoms with E-state index in [-0.39, 0.29) is 25.4 Å². The van der Waals surface area contributed by atoms with Gasteiger partial charge >= 0.3 is 0 Å². The second-order valence-electron chi connectivity index (χ2n) is 5.33. The molecule has 2 N–H and O–H groups in total. The molecule has 1 aliphatic heterocycles. The van der Waals surface area contributed by atoms with Crippen molar-refractivity contribution in [1.29, 1.82) is 0 Å². The fourth-order valence-electron chi connectivity index (χ4n) is 2.34. The lowest BCUT2D eigenvalue weighted by molar-refractivity contribution is -0.130. The first kappa shape index (κ1) is 15.9. The average Bonchev–Trinajstić information content (AvgIpc) is 2.92. The molecule has 1 fully saturated rings. The molecule has 0 saturated carbocycles.